The lowest BCUT2D eigenvalue weighted by Gasteiger charge is -2.13. The second-order valence-corrected chi connectivity index (χ2v) is 9.15. The van der Waals surface area contributed by atoms with E-state index in [1.165, 1.54) is 18.2 Å². The molecule has 0 aliphatic rings. The number of nitro groups is 1. The Morgan fingerprint density at radius 3 is 2.61 bits per heavy atom. The van der Waals surface area contributed by atoms with E-state index in [0.29, 0.717) is 11.8 Å². The Morgan fingerprint density at radius 1 is 1.08 bits per heavy atom. The van der Waals surface area contributed by atoms with Gasteiger partial charge in [-0.25, -0.2) is 21.9 Å². The maximum atomic E-state index is 12.9. The number of rotatable bonds is 9. The van der Waals surface area contributed by atoms with Gasteiger partial charge in [-0.3, -0.25) is 14.9 Å². The molecular formula is C23H18F2N4O6S. The lowest BCUT2D eigenvalue weighted by Crippen LogP contribution is -2.31. The number of aromatic amines is 1. The minimum absolute atomic E-state index is 0.0811. The minimum atomic E-state index is -4.56. The van der Waals surface area contributed by atoms with Crippen LogP contribution in [0, 0.1) is 10.1 Å². The summed E-state index contributed by atoms with van der Waals surface area (Å²) in [4.78, 5) is 25.8. The summed E-state index contributed by atoms with van der Waals surface area (Å²) >= 11 is 0. The maximum absolute atomic E-state index is 12.9. The van der Waals surface area contributed by atoms with Crippen LogP contribution in [-0.2, 0) is 10.0 Å². The van der Waals surface area contributed by atoms with Crippen LogP contribution in [0.3, 0.4) is 0 Å². The molecule has 0 spiro atoms. The first-order valence-corrected chi connectivity index (χ1v) is 11.8. The van der Waals surface area contributed by atoms with Crippen LogP contribution in [0.5, 0.6) is 11.5 Å². The van der Waals surface area contributed by atoms with Crippen LogP contribution in [-0.4, -0.2) is 37.2 Å². The molecule has 0 fully saturated rings. The van der Waals surface area contributed by atoms with Gasteiger partial charge in [-0.1, -0.05) is 12.1 Å². The van der Waals surface area contributed by atoms with Crippen LogP contribution in [0.4, 0.5) is 20.2 Å². The lowest BCUT2D eigenvalue weighted by atomic mass is 10.2. The number of ether oxygens (including phenoxy) is 1. The molecule has 36 heavy (non-hydrogen) atoms. The van der Waals surface area contributed by atoms with E-state index < -0.39 is 44.4 Å². The number of nitrogens with zero attached hydrogens (tertiary/aromatic N) is 1. The summed E-state index contributed by atoms with van der Waals surface area (Å²) in [6, 6.07) is 15.6. The van der Waals surface area contributed by atoms with Gasteiger partial charge in [0.2, 0.25) is 0 Å². The molecule has 10 nitrogen and oxygen atoms in total. The third-order valence-electron chi connectivity index (χ3n) is 5.03. The summed E-state index contributed by atoms with van der Waals surface area (Å²) in [6.45, 7) is -0.864. The number of benzene rings is 3. The van der Waals surface area contributed by atoms with E-state index in [1.54, 1.807) is 30.5 Å². The van der Waals surface area contributed by atoms with Gasteiger partial charge < -0.3 is 15.0 Å². The fourth-order valence-electron chi connectivity index (χ4n) is 3.37. The Kier molecular flexibility index (Phi) is 6.83. The number of nitrogens with one attached hydrogen (secondary N) is 3. The van der Waals surface area contributed by atoms with Gasteiger partial charge in [0.25, 0.3) is 28.0 Å². The Labute approximate surface area is 203 Å². The number of H-pyrrole nitrogens is 1. The van der Waals surface area contributed by atoms with Crippen molar-refractivity contribution in [3.63, 3.8) is 0 Å². The number of sulfonamides is 1. The number of nitro benzene ring substituents is 1. The third-order valence-corrected chi connectivity index (χ3v) is 6.36. The van der Waals surface area contributed by atoms with Crippen molar-refractivity contribution < 1.29 is 31.7 Å². The molecule has 1 heterocycles. The number of halogens is 2. The zero-order valence-corrected chi connectivity index (χ0v) is 19.1. The van der Waals surface area contributed by atoms with Crippen molar-refractivity contribution in [2.24, 2.45) is 0 Å². The molecule has 0 saturated carbocycles. The summed E-state index contributed by atoms with van der Waals surface area (Å²) in [5, 5.41) is 14.4. The van der Waals surface area contributed by atoms with E-state index in [-0.39, 0.29) is 17.0 Å². The molecule has 0 aliphatic heterocycles. The van der Waals surface area contributed by atoms with Crippen LogP contribution < -0.4 is 14.8 Å². The van der Waals surface area contributed by atoms with Gasteiger partial charge in [0, 0.05) is 23.2 Å². The van der Waals surface area contributed by atoms with Gasteiger partial charge in [-0.05, 0) is 48.5 Å². The topological polar surface area (TPSA) is 143 Å². The quantitative estimate of drug-likeness (QED) is 0.217. The Bertz CT molecular complexity index is 1560. The molecule has 1 amide bonds. The second-order valence-electron chi connectivity index (χ2n) is 7.47. The summed E-state index contributed by atoms with van der Waals surface area (Å²) in [5.74, 6) is -0.541. The molecule has 0 atom stereocenters. The van der Waals surface area contributed by atoms with Gasteiger partial charge in [0.05, 0.1) is 21.9 Å². The van der Waals surface area contributed by atoms with E-state index in [2.05, 4.69) is 10.3 Å². The highest BCUT2D eigenvalue weighted by Gasteiger charge is 2.25. The fourth-order valence-corrected chi connectivity index (χ4v) is 4.35. The van der Waals surface area contributed by atoms with Crippen molar-refractivity contribution in [2.45, 2.75) is 11.3 Å². The molecule has 1 aromatic heterocycles. The number of carbonyl (C=O) groups excluding carboxylic acids is 1. The van der Waals surface area contributed by atoms with E-state index in [0.717, 1.165) is 23.0 Å². The van der Waals surface area contributed by atoms with Crippen molar-refractivity contribution >= 4 is 38.2 Å². The highest BCUT2D eigenvalue weighted by molar-refractivity contribution is 7.90. The number of fused-ring (bicyclic) bond motifs is 1. The molecular weight excluding hydrogens is 498 g/mol. The highest BCUT2D eigenvalue weighted by Crippen LogP contribution is 2.30. The maximum Gasteiger partial charge on any atom is 0.293 e. The summed E-state index contributed by atoms with van der Waals surface area (Å²) in [5.41, 5.74) is -0.248. The van der Waals surface area contributed by atoms with Crippen LogP contribution in [0.15, 0.2) is 77.8 Å². The van der Waals surface area contributed by atoms with Gasteiger partial charge in [0.1, 0.15) is 17.2 Å². The molecule has 4 rings (SSSR count). The van der Waals surface area contributed by atoms with Crippen molar-refractivity contribution in [3.8, 4) is 11.5 Å². The number of carbonyl (C=O) groups is 1. The Hall–Kier alpha value is -4.52. The Morgan fingerprint density at radius 2 is 1.86 bits per heavy atom. The van der Waals surface area contributed by atoms with Gasteiger partial charge >= 0.3 is 0 Å². The van der Waals surface area contributed by atoms with Crippen molar-refractivity contribution in [3.05, 3.63) is 88.6 Å². The predicted octanol–water partition coefficient (Wildman–Crippen LogP) is 4.66. The Balaban J connectivity index is 1.58. The van der Waals surface area contributed by atoms with E-state index >= 15 is 0 Å². The molecule has 3 aromatic carbocycles. The summed E-state index contributed by atoms with van der Waals surface area (Å²) in [7, 11) is -4.56. The smallest absolute Gasteiger partial charge is 0.293 e. The molecule has 3 N–H and O–H groups in total. The zero-order valence-electron chi connectivity index (χ0n) is 18.3. The monoisotopic (exact) mass is 516 g/mol. The average molecular weight is 516 g/mol. The van der Waals surface area contributed by atoms with Gasteiger partial charge in [-0.15, -0.1) is 0 Å². The second kappa shape index (κ2) is 10.00. The number of alkyl halides is 2. The van der Waals surface area contributed by atoms with Crippen LogP contribution in [0.25, 0.3) is 10.9 Å². The zero-order chi connectivity index (χ0) is 25.9. The summed E-state index contributed by atoms with van der Waals surface area (Å²) < 4.78 is 58.2. The molecule has 13 heteroatoms. The lowest BCUT2D eigenvalue weighted by molar-refractivity contribution is -0.384. The molecule has 0 unspecified atom stereocenters. The number of aromatic nitrogens is 1. The number of hydrogen-bond donors (Lipinski definition) is 3. The fraction of sp³-hybridized carbons (Fsp3) is 0.0870. The molecule has 0 radical (unpaired) electrons. The SMILES string of the molecule is O=C(NS(=O)(=O)c1ccc(NCC(F)F)c([N+](=O)[O-])c1)c1ccccc1Oc1ccc2[nH]ccc2c1. The molecule has 0 aliphatic carbocycles. The van der Waals surface area contributed by atoms with Crippen LogP contribution >= 0.6 is 0 Å². The summed E-state index contributed by atoms with van der Waals surface area (Å²) in [6.07, 6.45) is -1.02. The first kappa shape index (κ1) is 24.6. The van der Waals surface area contributed by atoms with E-state index in [1.807, 2.05) is 10.8 Å². The standard InChI is InChI=1S/C23H18F2N4O6S/c24-22(25)13-27-19-8-6-16(12-20(19)29(31)32)36(33,34)28-23(30)17-3-1-2-4-21(17)35-15-5-7-18-14(11-15)9-10-26-18/h1-12,22,26-27H,13H2,(H,28,30). The van der Waals surface area contributed by atoms with E-state index in [9.17, 15) is 32.1 Å². The highest BCUT2D eigenvalue weighted by atomic mass is 32.2. The van der Waals surface area contributed by atoms with Gasteiger partial charge in [-0.2, -0.15) is 0 Å². The number of hydrogen-bond acceptors (Lipinski definition) is 7. The molecule has 186 valence electrons. The normalized spacial score (nSPS) is 11.4. The van der Waals surface area contributed by atoms with Crippen molar-refractivity contribution in [2.75, 3.05) is 11.9 Å². The van der Waals surface area contributed by atoms with Crippen LogP contribution in [0.2, 0.25) is 0 Å². The first-order chi connectivity index (χ1) is 17.1. The van der Waals surface area contributed by atoms with Gasteiger partial charge in [0.15, 0.2) is 0 Å². The molecule has 0 saturated heterocycles. The van der Waals surface area contributed by atoms with E-state index in [4.69, 9.17) is 4.74 Å². The largest absolute Gasteiger partial charge is 0.457 e. The number of amides is 1. The molecule has 0 bridgehead atoms. The average Bonchev–Trinajstić information content (AvgIpc) is 3.30. The van der Waals surface area contributed by atoms with Crippen LogP contribution in [0.1, 0.15) is 10.4 Å². The third kappa shape index (κ3) is 5.41. The molecule has 4 aromatic rings. The number of para-hydroxylation sites is 1. The van der Waals surface area contributed by atoms with Crippen molar-refractivity contribution in [1.82, 2.24) is 9.71 Å². The minimum Gasteiger partial charge on any atom is -0.457 e. The predicted molar refractivity (Wildman–Crippen MR) is 127 cm³/mol. The number of anilines is 1. The first-order valence-electron chi connectivity index (χ1n) is 10.4. The van der Waals surface area contributed by atoms with Crippen molar-refractivity contribution in [1.29, 1.82) is 0 Å².